The van der Waals surface area contributed by atoms with Crippen molar-refractivity contribution in [2.45, 2.75) is 26.1 Å². The molecule has 1 aliphatic heterocycles. The van der Waals surface area contributed by atoms with Crippen LogP contribution in [0.4, 0.5) is 18.2 Å². The van der Waals surface area contributed by atoms with Crippen LogP contribution in [0.1, 0.15) is 43.6 Å². The van der Waals surface area contributed by atoms with Gasteiger partial charge in [0.1, 0.15) is 10.6 Å². The number of hydrogen-bond acceptors (Lipinski definition) is 5. The average molecular weight is 434 g/mol. The Morgan fingerprint density at radius 2 is 2.11 bits per heavy atom. The van der Waals surface area contributed by atoms with Crippen molar-refractivity contribution in [3.8, 4) is 0 Å². The lowest BCUT2D eigenvalue weighted by atomic mass is 10.1. The van der Waals surface area contributed by atoms with Gasteiger partial charge in [-0.15, -0.1) is 11.3 Å². The number of ether oxygens (including phenoxy) is 2. The molecule has 1 aromatic heterocycles. The summed E-state index contributed by atoms with van der Waals surface area (Å²) in [5, 5.41) is 2.02. The first-order valence-electron chi connectivity index (χ1n) is 8.30. The van der Waals surface area contributed by atoms with E-state index in [2.05, 4.69) is 5.32 Å². The van der Waals surface area contributed by atoms with Crippen LogP contribution in [0, 0.1) is 0 Å². The lowest BCUT2D eigenvalue weighted by molar-refractivity contribution is -0.137. The van der Waals surface area contributed by atoms with Gasteiger partial charge in [-0.3, -0.25) is 4.79 Å². The Bertz CT molecular complexity index is 926. The Morgan fingerprint density at radius 1 is 1.36 bits per heavy atom. The Hall–Kier alpha value is -2.10. The molecular formula is C18H15ClF3NO4S. The van der Waals surface area contributed by atoms with Gasteiger partial charge < -0.3 is 14.8 Å². The predicted molar refractivity (Wildman–Crippen MR) is 98.0 cm³/mol. The molecule has 0 bridgehead atoms. The number of halogens is 4. The van der Waals surface area contributed by atoms with Gasteiger partial charge >= 0.3 is 12.1 Å². The van der Waals surface area contributed by atoms with Gasteiger partial charge in [-0.1, -0.05) is 17.7 Å². The first kappa shape index (κ1) is 20.6. The Balaban J connectivity index is 1.97. The molecule has 3 rings (SSSR count). The highest BCUT2D eigenvalue weighted by molar-refractivity contribution is 7.17. The standard InChI is InChI=1S/C18H15ClF3NO4S/c1-2-27-17(25)13-10-8-26-7-6-12(10)28-16(13)23-15(24)9-4-3-5-11(14(9)19)18(20,21)22/h3-5H,2,6-8H2,1H3,(H,23,24). The number of anilines is 1. The second-order valence-corrected chi connectivity index (χ2v) is 7.33. The van der Waals surface area contributed by atoms with Crippen LogP contribution in [0.15, 0.2) is 18.2 Å². The highest BCUT2D eigenvalue weighted by atomic mass is 35.5. The molecule has 0 saturated carbocycles. The van der Waals surface area contributed by atoms with E-state index in [1.54, 1.807) is 6.92 Å². The summed E-state index contributed by atoms with van der Waals surface area (Å²) in [6, 6.07) is 3.08. The molecular weight excluding hydrogens is 419 g/mol. The SMILES string of the molecule is CCOC(=O)c1c(NC(=O)c2cccc(C(F)(F)F)c2Cl)sc2c1COCC2. The van der Waals surface area contributed by atoms with Gasteiger partial charge in [0.25, 0.3) is 5.91 Å². The van der Waals surface area contributed by atoms with Crippen LogP contribution in [0.5, 0.6) is 0 Å². The van der Waals surface area contributed by atoms with Crippen molar-refractivity contribution in [1.82, 2.24) is 0 Å². The summed E-state index contributed by atoms with van der Waals surface area (Å²) in [5.74, 6) is -1.47. The normalized spacial score (nSPS) is 13.8. The number of nitrogens with one attached hydrogen (secondary N) is 1. The van der Waals surface area contributed by atoms with Crippen LogP contribution in [0.3, 0.4) is 0 Å². The third-order valence-corrected chi connectivity index (χ3v) is 5.68. The zero-order valence-corrected chi connectivity index (χ0v) is 16.2. The average Bonchev–Trinajstić information content (AvgIpc) is 2.98. The first-order valence-corrected chi connectivity index (χ1v) is 9.50. The number of hydrogen-bond donors (Lipinski definition) is 1. The molecule has 0 fully saturated rings. The largest absolute Gasteiger partial charge is 0.462 e. The Morgan fingerprint density at radius 3 is 2.79 bits per heavy atom. The molecule has 1 aromatic carbocycles. The molecule has 0 spiro atoms. The summed E-state index contributed by atoms with van der Waals surface area (Å²) >= 11 is 7.00. The minimum atomic E-state index is -4.69. The third kappa shape index (κ3) is 4.01. The van der Waals surface area contributed by atoms with E-state index in [0.717, 1.165) is 17.0 Å². The molecule has 2 aromatic rings. The van der Waals surface area contributed by atoms with Crippen molar-refractivity contribution < 1.29 is 32.2 Å². The molecule has 0 saturated heterocycles. The van der Waals surface area contributed by atoms with Crippen molar-refractivity contribution in [3.63, 3.8) is 0 Å². The Kier molecular flexibility index (Phi) is 5.97. The van der Waals surface area contributed by atoms with E-state index in [4.69, 9.17) is 21.1 Å². The van der Waals surface area contributed by atoms with Gasteiger partial charge in [0.2, 0.25) is 0 Å². The number of esters is 1. The summed E-state index contributed by atoms with van der Waals surface area (Å²) in [6.45, 7) is 2.45. The molecule has 0 radical (unpaired) electrons. The number of amides is 1. The van der Waals surface area contributed by atoms with Crippen LogP contribution in [-0.2, 0) is 28.7 Å². The number of carbonyl (C=O) groups excluding carboxylic acids is 2. The van der Waals surface area contributed by atoms with Crippen LogP contribution < -0.4 is 5.32 Å². The number of fused-ring (bicyclic) bond motifs is 1. The highest BCUT2D eigenvalue weighted by Crippen LogP contribution is 2.39. The minimum Gasteiger partial charge on any atom is -0.462 e. The van der Waals surface area contributed by atoms with E-state index >= 15 is 0 Å². The topological polar surface area (TPSA) is 64.6 Å². The summed E-state index contributed by atoms with van der Waals surface area (Å²) < 4.78 is 49.6. The zero-order valence-electron chi connectivity index (χ0n) is 14.6. The number of thiophene rings is 1. The van der Waals surface area contributed by atoms with Gasteiger partial charge in [-0.2, -0.15) is 13.2 Å². The molecule has 5 nitrogen and oxygen atoms in total. The second kappa shape index (κ2) is 8.10. The monoisotopic (exact) mass is 433 g/mol. The molecule has 0 unspecified atom stereocenters. The molecule has 10 heteroatoms. The van der Waals surface area contributed by atoms with Crippen molar-refractivity contribution >= 4 is 39.8 Å². The fourth-order valence-corrected chi connectivity index (χ4v) is 4.30. The van der Waals surface area contributed by atoms with Gasteiger partial charge in [-0.05, 0) is 19.1 Å². The predicted octanol–water partition coefficient (Wildman–Crippen LogP) is 4.92. The van der Waals surface area contributed by atoms with Gasteiger partial charge in [0, 0.05) is 16.9 Å². The fourth-order valence-electron chi connectivity index (χ4n) is 2.81. The zero-order chi connectivity index (χ0) is 20.5. The summed E-state index contributed by atoms with van der Waals surface area (Å²) in [7, 11) is 0. The lowest BCUT2D eigenvalue weighted by Gasteiger charge is -2.14. The molecule has 2 heterocycles. The summed E-state index contributed by atoms with van der Waals surface area (Å²) in [6.07, 6.45) is -4.13. The van der Waals surface area contributed by atoms with Crippen molar-refractivity contribution in [3.05, 3.63) is 50.4 Å². The fraction of sp³-hybridized carbons (Fsp3) is 0.333. The molecule has 0 aliphatic carbocycles. The van der Waals surface area contributed by atoms with E-state index in [0.29, 0.717) is 18.6 Å². The van der Waals surface area contributed by atoms with Gasteiger partial charge in [0.05, 0.1) is 36.0 Å². The van der Waals surface area contributed by atoms with Crippen LogP contribution in [0.2, 0.25) is 5.02 Å². The van der Waals surface area contributed by atoms with E-state index < -0.39 is 28.6 Å². The minimum absolute atomic E-state index is 0.136. The van der Waals surface area contributed by atoms with Crippen LogP contribution in [0.25, 0.3) is 0 Å². The molecule has 0 atom stereocenters. The first-order chi connectivity index (χ1) is 13.2. The van der Waals surface area contributed by atoms with Crippen LogP contribution in [-0.4, -0.2) is 25.1 Å². The molecule has 1 N–H and O–H groups in total. The number of benzene rings is 1. The van der Waals surface area contributed by atoms with Crippen molar-refractivity contribution in [1.29, 1.82) is 0 Å². The molecule has 1 aliphatic rings. The number of alkyl halides is 3. The maximum Gasteiger partial charge on any atom is 0.417 e. The van der Waals surface area contributed by atoms with E-state index in [-0.39, 0.29) is 29.3 Å². The van der Waals surface area contributed by atoms with Crippen molar-refractivity contribution in [2.75, 3.05) is 18.5 Å². The molecule has 150 valence electrons. The van der Waals surface area contributed by atoms with Gasteiger partial charge in [-0.25, -0.2) is 4.79 Å². The van der Waals surface area contributed by atoms with E-state index in [9.17, 15) is 22.8 Å². The van der Waals surface area contributed by atoms with E-state index in [1.807, 2.05) is 0 Å². The third-order valence-electron chi connectivity index (χ3n) is 4.07. The lowest BCUT2D eigenvalue weighted by Crippen LogP contribution is -2.18. The smallest absolute Gasteiger partial charge is 0.417 e. The summed E-state index contributed by atoms with van der Waals surface area (Å²) in [5.41, 5.74) is -0.654. The van der Waals surface area contributed by atoms with Crippen molar-refractivity contribution in [2.24, 2.45) is 0 Å². The Labute approximate surface area is 167 Å². The van der Waals surface area contributed by atoms with E-state index in [1.165, 1.54) is 17.4 Å². The number of rotatable bonds is 4. The maximum absolute atomic E-state index is 13.0. The number of carbonyl (C=O) groups is 2. The summed E-state index contributed by atoms with van der Waals surface area (Å²) in [4.78, 5) is 25.9. The quantitative estimate of drug-likeness (QED) is 0.695. The second-order valence-electron chi connectivity index (χ2n) is 5.85. The molecule has 28 heavy (non-hydrogen) atoms. The maximum atomic E-state index is 13.0. The highest BCUT2D eigenvalue weighted by Gasteiger charge is 2.35. The van der Waals surface area contributed by atoms with Crippen LogP contribution >= 0.6 is 22.9 Å². The van der Waals surface area contributed by atoms with Gasteiger partial charge in [0.15, 0.2) is 0 Å². The molecule has 1 amide bonds.